The first kappa shape index (κ1) is 32.5. The largest absolute Gasteiger partial charge is 0.542 e. The average Bonchev–Trinajstić information content (AvgIpc) is 3.56. The van der Waals surface area contributed by atoms with Crippen molar-refractivity contribution in [1.29, 1.82) is 0 Å². The van der Waals surface area contributed by atoms with E-state index < -0.39 is 20.2 Å². The summed E-state index contributed by atoms with van der Waals surface area (Å²) in [4.78, 5) is 5.04. The second-order valence-corrected chi connectivity index (χ2v) is 16.1. The van der Waals surface area contributed by atoms with Crippen LogP contribution in [0.2, 0.25) is 13.1 Å². The van der Waals surface area contributed by atoms with Gasteiger partial charge in [-0.25, -0.2) is 4.98 Å². The lowest BCUT2D eigenvalue weighted by Crippen LogP contribution is -2.38. The van der Waals surface area contributed by atoms with E-state index in [0.717, 1.165) is 38.8 Å². The van der Waals surface area contributed by atoms with E-state index in [4.69, 9.17) is 9.41 Å². The molecule has 1 atom stereocenters. The van der Waals surface area contributed by atoms with Gasteiger partial charge < -0.3 is 14.1 Å². The van der Waals surface area contributed by atoms with Crippen LogP contribution in [0.5, 0.6) is 5.75 Å². The third-order valence-electron chi connectivity index (χ3n) is 9.32. The summed E-state index contributed by atoms with van der Waals surface area (Å²) in [5, 5.41) is 15.1. The van der Waals surface area contributed by atoms with Crippen LogP contribution in [-0.4, -0.2) is 23.7 Å². The van der Waals surface area contributed by atoms with Crippen molar-refractivity contribution in [3.63, 3.8) is 0 Å². The van der Waals surface area contributed by atoms with Crippen molar-refractivity contribution in [2.24, 2.45) is 5.92 Å². The van der Waals surface area contributed by atoms with E-state index in [1.54, 1.807) is 0 Å². The van der Waals surface area contributed by atoms with Gasteiger partial charge in [-0.1, -0.05) is 156 Å². The summed E-state index contributed by atoms with van der Waals surface area (Å²) in [6.07, 6.45) is 3.91. The summed E-state index contributed by atoms with van der Waals surface area (Å²) in [6, 6.07) is 42.4. The van der Waals surface area contributed by atoms with Gasteiger partial charge >= 0.3 is 0 Å². The van der Waals surface area contributed by atoms with Crippen LogP contribution in [0.4, 0.5) is 0 Å². The molecule has 0 aliphatic heterocycles. The fourth-order valence-electron chi connectivity index (χ4n) is 6.82. The van der Waals surface area contributed by atoms with Gasteiger partial charge in [-0.05, 0) is 52.1 Å². The number of aliphatic hydroxyl groups is 1. The zero-order valence-electron chi connectivity index (χ0n) is 28.5. The third-order valence-corrected chi connectivity index (χ3v) is 9.94. The molecule has 47 heavy (non-hydrogen) atoms. The van der Waals surface area contributed by atoms with E-state index in [-0.39, 0.29) is 11.3 Å². The van der Waals surface area contributed by atoms with Crippen LogP contribution in [0.25, 0.3) is 10.8 Å². The van der Waals surface area contributed by atoms with Crippen LogP contribution in [0.15, 0.2) is 134 Å². The van der Waals surface area contributed by atoms with Crippen molar-refractivity contribution in [3.8, 4) is 5.75 Å². The number of fused-ring (bicyclic) bond motifs is 1. The Hall–Kier alpha value is -4.45. The molecular formula is C42H45N2O2Si. The number of hydrogen-bond donors (Lipinski definition) is 1. The summed E-state index contributed by atoms with van der Waals surface area (Å²) < 4.78 is 8.86. The molecule has 4 nitrogen and oxygen atoms in total. The molecule has 0 bridgehead atoms. The maximum atomic E-state index is 13.0. The van der Waals surface area contributed by atoms with Crippen LogP contribution in [0.3, 0.4) is 0 Å². The molecule has 0 spiro atoms. The molecule has 6 aromatic rings. The Balaban J connectivity index is 1.61. The first-order valence-corrected chi connectivity index (χ1v) is 18.9. The highest BCUT2D eigenvalue weighted by molar-refractivity contribution is 6.49. The predicted molar refractivity (Wildman–Crippen MR) is 195 cm³/mol. The minimum absolute atomic E-state index is 0.0204. The molecule has 1 heterocycles. The lowest BCUT2D eigenvalue weighted by atomic mass is 9.76. The Morgan fingerprint density at radius 1 is 0.702 bits per heavy atom. The predicted octanol–water partition coefficient (Wildman–Crippen LogP) is 9.70. The van der Waals surface area contributed by atoms with Gasteiger partial charge in [0.2, 0.25) is 0 Å². The zero-order chi connectivity index (χ0) is 33.4. The normalized spacial score (nSPS) is 13.7. The van der Waals surface area contributed by atoms with Gasteiger partial charge in [0.15, 0.2) is 0 Å². The topological polar surface area (TPSA) is 47.3 Å². The van der Waals surface area contributed by atoms with Crippen molar-refractivity contribution in [1.82, 2.24) is 9.55 Å². The van der Waals surface area contributed by atoms with Crippen LogP contribution < -0.4 is 4.43 Å². The van der Waals surface area contributed by atoms with Crippen LogP contribution >= 0.6 is 0 Å². The molecular weight excluding hydrogens is 593 g/mol. The summed E-state index contributed by atoms with van der Waals surface area (Å²) in [5.74, 6) is 0.538. The Morgan fingerprint density at radius 2 is 1.23 bits per heavy atom. The molecule has 0 saturated carbocycles. The fraction of sp³-hybridized carbons (Fsp3) is 0.262. The van der Waals surface area contributed by atoms with E-state index >= 15 is 0 Å². The molecule has 0 fully saturated rings. The van der Waals surface area contributed by atoms with Gasteiger partial charge in [-0.15, -0.1) is 0 Å². The highest BCUT2D eigenvalue weighted by Gasteiger charge is 2.44. The summed E-state index contributed by atoms with van der Waals surface area (Å²) >= 11 is 0. The highest BCUT2D eigenvalue weighted by Crippen LogP contribution is 2.46. The van der Waals surface area contributed by atoms with Crippen molar-refractivity contribution in [2.45, 2.75) is 64.3 Å². The van der Waals surface area contributed by atoms with Crippen LogP contribution in [0, 0.1) is 5.92 Å². The smallest absolute Gasteiger partial charge is 0.274 e. The Morgan fingerprint density at radius 3 is 1.70 bits per heavy atom. The number of benzene rings is 5. The van der Waals surface area contributed by atoms with Crippen molar-refractivity contribution < 1.29 is 9.53 Å². The quantitative estimate of drug-likeness (QED) is 0.127. The second-order valence-electron chi connectivity index (χ2n) is 14.0. The summed E-state index contributed by atoms with van der Waals surface area (Å²) in [7, 11) is -1.17. The molecule has 0 aliphatic rings. The van der Waals surface area contributed by atoms with Gasteiger partial charge in [0.25, 0.3) is 9.04 Å². The second kappa shape index (κ2) is 12.6. The molecule has 239 valence electrons. The van der Waals surface area contributed by atoms with Crippen LogP contribution in [-0.2, 0) is 16.6 Å². The summed E-state index contributed by atoms with van der Waals surface area (Å²) in [5.41, 5.74) is 3.74. The number of nitrogens with zero attached hydrogens (tertiary/aromatic N) is 2. The standard InChI is InChI=1S/C42H45N2O2Si/c1-30(2)42(45,37-26-23-31-27-35(40(3,4)5)24-25-36(31)39(37)46-47(6)7)38-28-44(29-43-38)41(32-17-11-8-12-18-32,33-19-13-9-14-20-33)34-21-15-10-16-22-34/h8-30,45H,1-7H3. The molecule has 0 aliphatic carbocycles. The van der Waals surface area contributed by atoms with E-state index in [1.807, 2.05) is 36.8 Å². The fourth-order valence-corrected chi connectivity index (χ4v) is 7.44. The Kier molecular flexibility index (Phi) is 8.73. The molecule has 5 heteroatoms. The maximum Gasteiger partial charge on any atom is 0.274 e. The van der Waals surface area contributed by atoms with E-state index in [1.165, 1.54) is 5.56 Å². The van der Waals surface area contributed by atoms with Gasteiger partial charge in [0.05, 0.1) is 12.0 Å². The van der Waals surface area contributed by atoms with Crippen LogP contribution in [0.1, 0.15) is 68.1 Å². The molecule has 0 amide bonds. The van der Waals surface area contributed by atoms with Gasteiger partial charge in [0, 0.05) is 17.1 Å². The van der Waals surface area contributed by atoms with E-state index in [2.05, 4.69) is 149 Å². The lowest BCUT2D eigenvalue weighted by Gasteiger charge is -2.38. The molecule has 6 rings (SSSR count). The van der Waals surface area contributed by atoms with Crippen molar-refractivity contribution in [3.05, 3.63) is 167 Å². The maximum absolute atomic E-state index is 13.0. The average molecular weight is 638 g/mol. The van der Waals surface area contributed by atoms with Gasteiger partial charge in [-0.2, -0.15) is 0 Å². The first-order valence-electron chi connectivity index (χ1n) is 16.5. The first-order chi connectivity index (χ1) is 22.5. The SMILES string of the molecule is CC(C)C(O)(c1cn(C(c2ccccc2)(c2ccccc2)c2ccccc2)cn1)c1ccc2cc(C(C)(C)C)ccc2c1O[Si](C)C. The third kappa shape index (κ3) is 5.72. The molecule has 5 aromatic carbocycles. The van der Waals surface area contributed by atoms with E-state index in [9.17, 15) is 5.11 Å². The number of hydrogen-bond acceptors (Lipinski definition) is 3. The molecule has 1 radical (unpaired) electrons. The van der Waals surface area contributed by atoms with E-state index in [0.29, 0.717) is 5.69 Å². The number of rotatable bonds is 9. The zero-order valence-corrected chi connectivity index (χ0v) is 29.5. The highest BCUT2D eigenvalue weighted by atomic mass is 28.3. The number of aromatic nitrogens is 2. The van der Waals surface area contributed by atoms with Crippen molar-refractivity contribution in [2.75, 3.05) is 0 Å². The molecule has 1 aromatic heterocycles. The molecule has 1 N–H and O–H groups in total. The van der Waals surface area contributed by atoms with Gasteiger partial charge in [-0.3, -0.25) is 0 Å². The number of imidazole rings is 1. The lowest BCUT2D eigenvalue weighted by molar-refractivity contribution is 0.0265. The minimum atomic E-state index is -1.43. The van der Waals surface area contributed by atoms with Gasteiger partial charge in [0.1, 0.15) is 16.9 Å². The minimum Gasteiger partial charge on any atom is -0.542 e. The van der Waals surface area contributed by atoms with Crippen molar-refractivity contribution >= 4 is 19.8 Å². The Labute approximate surface area is 281 Å². The summed E-state index contributed by atoms with van der Waals surface area (Å²) in [6.45, 7) is 15.1. The molecule has 1 unspecified atom stereocenters. The molecule has 0 saturated heterocycles. The Bertz CT molecular complexity index is 1860. The monoisotopic (exact) mass is 637 g/mol.